The van der Waals surface area contributed by atoms with Crippen LogP contribution in [0.1, 0.15) is 25.7 Å². The molecular formula is C17H24FN3O2. The molecule has 2 aliphatic rings. The van der Waals surface area contributed by atoms with E-state index in [1.54, 1.807) is 11.0 Å². The van der Waals surface area contributed by atoms with Crippen molar-refractivity contribution < 1.29 is 14.3 Å². The van der Waals surface area contributed by atoms with Gasteiger partial charge in [0.1, 0.15) is 5.82 Å². The molecule has 1 heterocycles. The van der Waals surface area contributed by atoms with E-state index in [-0.39, 0.29) is 30.5 Å². The summed E-state index contributed by atoms with van der Waals surface area (Å²) in [6, 6.07) is 6.83. The topological polar surface area (TPSA) is 55.8 Å². The van der Waals surface area contributed by atoms with Crippen LogP contribution in [0.2, 0.25) is 0 Å². The first-order chi connectivity index (χ1) is 11.2. The van der Waals surface area contributed by atoms with Gasteiger partial charge >= 0.3 is 6.03 Å². The van der Waals surface area contributed by atoms with Crippen molar-refractivity contribution in [3.63, 3.8) is 0 Å². The van der Waals surface area contributed by atoms with Gasteiger partial charge < -0.3 is 20.2 Å². The zero-order chi connectivity index (χ0) is 16.2. The number of hydrogen-bond acceptors (Lipinski definition) is 3. The monoisotopic (exact) mass is 321 g/mol. The van der Waals surface area contributed by atoms with E-state index >= 15 is 0 Å². The van der Waals surface area contributed by atoms with Gasteiger partial charge in [-0.05, 0) is 43.9 Å². The van der Waals surface area contributed by atoms with E-state index in [0.29, 0.717) is 13.1 Å². The van der Waals surface area contributed by atoms with Crippen LogP contribution in [0.4, 0.5) is 14.9 Å². The van der Waals surface area contributed by atoms with Crippen LogP contribution in [0.25, 0.3) is 0 Å². The summed E-state index contributed by atoms with van der Waals surface area (Å²) in [4.78, 5) is 16.3. The number of nitrogens with zero attached hydrogens (tertiary/aromatic N) is 2. The summed E-state index contributed by atoms with van der Waals surface area (Å²) in [5.41, 5.74) is 0.860. The minimum Gasteiger partial charge on any atom is -0.395 e. The van der Waals surface area contributed by atoms with E-state index in [9.17, 15) is 9.18 Å². The summed E-state index contributed by atoms with van der Waals surface area (Å²) in [7, 11) is 0. The smallest absolute Gasteiger partial charge is 0.318 e. The van der Waals surface area contributed by atoms with Crippen LogP contribution < -0.4 is 10.2 Å². The third-order valence-electron chi connectivity index (χ3n) is 4.51. The Labute approximate surface area is 136 Å². The van der Waals surface area contributed by atoms with Crippen molar-refractivity contribution in [1.29, 1.82) is 0 Å². The van der Waals surface area contributed by atoms with Gasteiger partial charge in [-0.15, -0.1) is 0 Å². The highest BCUT2D eigenvalue weighted by Crippen LogP contribution is 2.27. The van der Waals surface area contributed by atoms with E-state index in [1.807, 2.05) is 6.07 Å². The van der Waals surface area contributed by atoms with Crippen molar-refractivity contribution in [1.82, 2.24) is 10.2 Å². The minimum atomic E-state index is -0.239. The number of piperidine rings is 1. The molecule has 0 radical (unpaired) electrons. The lowest BCUT2D eigenvalue weighted by atomic mass is 10.0. The Kier molecular flexibility index (Phi) is 5.00. The van der Waals surface area contributed by atoms with Crippen molar-refractivity contribution in [2.75, 3.05) is 31.1 Å². The van der Waals surface area contributed by atoms with Crippen LogP contribution in [-0.4, -0.2) is 54.4 Å². The molecule has 1 saturated heterocycles. The van der Waals surface area contributed by atoms with Crippen LogP contribution >= 0.6 is 0 Å². The molecule has 0 bridgehead atoms. The van der Waals surface area contributed by atoms with Gasteiger partial charge in [-0.3, -0.25) is 0 Å². The first kappa shape index (κ1) is 16.1. The maximum absolute atomic E-state index is 13.4. The molecule has 0 spiro atoms. The van der Waals surface area contributed by atoms with Crippen molar-refractivity contribution >= 4 is 11.7 Å². The molecule has 6 heteroatoms. The van der Waals surface area contributed by atoms with Gasteiger partial charge in [-0.25, -0.2) is 9.18 Å². The number of carbonyl (C=O) groups excluding carboxylic acids is 1. The lowest BCUT2D eigenvalue weighted by Crippen LogP contribution is -2.52. The molecule has 126 valence electrons. The number of rotatable bonds is 5. The Bertz CT molecular complexity index is 550. The van der Waals surface area contributed by atoms with Crippen LogP contribution in [0.15, 0.2) is 24.3 Å². The SMILES string of the molecule is O=C(NC1CCCN(c2cccc(F)c2)C1)N(CCO)C1CC1. The fraction of sp³-hybridized carbons (Fsp3) is 0.588. The van der Waals surface area contributed by atoms with Crippen LogP contribution in [0.3, 0.4) is 0 Å². The molecule has 1 aromatic carbocycles. The van der Waals surface area contributed by atoms with Gasteiger partial charge in [0.2, 0.25) is 0 Å². The van der Waals surface area contributed by atoms with E-state index in [2.05, 4.69) is 10.2 Å². The largest absolute Gasteiger partial charge is 0.395 e. The van der Waals surface area contributed by atoms with E-state index in [0.717, 1.165) is 37.9 Å². The Morgan fingerprint density at radius 2 is 2.22 bits per heavy atom. The summed E-state index contributed by atoms with van der Waals surface area (Å²) in [6.07, 6.45) is 3.93. The second-order valence-electron chi connectivity index (χ2n) is 6.36. The van der Waals surface area contributed by atoms with Crippen LogP contribution in [-0.2, 0) is 0 Å². The fourth-order valence-electron chi connectivity index (χ4n) is 3.20. The molecule has 1 unspecified atom stereocenters. The highest BCUT2D eigenvalue weighted by atomic mass is 19.1. The van der Waals surface area contributed by atoms with Crippen molar-refractivity contribution in [2.45, 2.75) is 37.8 Å². The average Bonchev–Trinajstić information content (AvgIpc) is 3.37. The highest BCUT2D eigenvalue weighted by molar-refractivity contribution is 5.75. The standard InChI is InChI=1S/C17H24FN3O2/c18-13-3-1-5-16(11-13)20-8-2-4-14(12-20)19-17(23)21(9-10-22)15-6-7-15/h1,3,5,11,14-15,22H,2,4,6-10,12H2,(H,19,23). The molecular weight excluding hydrogens is 297 g/mol. The van der Waals surface area contributed by atoms with Gasteiger partial charge in [0.05, 0.1) is 6.61 Å². The van der Waals surface area contributed by atoms with E-state index in [4.69, 9.17) is 5.11 Å². The predicted molar refractivity (Wildman–Crippen MR) is 87.0 cm³/mol. The summed E-state index contributed by atoms with van der Waals surface area (Å²) in [5.74, 6) is -0.239. The normalized spacial score (nSPS) is 21.1. The number of hydrogen-bond donors (Lipinski definition) is 2. The maximum Gasteiger partial charge on any atom is 0.318 e. The molecule has 2 amide bonds. The molecule has 2 fully saturated rings. The second kappa shape index (κ2) is 7.17. The molecule has 3 rings (SSSR count). The molecule has 1 aliphatic heterocycles. The van der Waals surface area contributed by atoms with Gasteiger partial charge in [0.25, 0.3) is 0 Å². The first-order valence-electron chi connectivity index (χ1n) is 8.36. The lowest BCUT2D eigenvalue weighted by molar-refractivity contribution is 0.169. The van der Waals surface area contributed by atoms with E-state index in [1.165, 1.54) is 12.1 Å². The Morgan fingerprint density at radius 1 is 1.39 bits per heavy atom. The zero-order valence-corrected chi connectivity index (χ0v) is 13.2. The number of amides is 2. The molecule has 2 N–H and O–H groups in total. The van der Waals surface area contributed by atoms with E-state index < -0.39 is 0 Å². The van der Waals surface area contributed by atoms with Crippen molar-refractivity contribution in [3.8, 4) is 0 Å². The molecule has 1 saturated carbocycles. The van der Waals surface area contributed by atoms with Crippen molar-refractivity contribution in [2.24, 2.45) is 0 Å². The highest BCUT2D eigenvalue weighted by Gasteiger charge is 2.33. The summed E-state index contributed by atoms with van der Waals surface area (Å²) < 4.78 is 13.4. The number of aliphatic hydroxyl groups excluding tert-OH is 1. The Morgan fingerprint density at radius 3 is 2.91 bits per heavy atom. The molecule has 23 heavy (non-hydrogen) atoms. The number of urea groups is 1. The Balaban J connectivity index is 1.59. The van der Waals surface area contributed by atoms with Crippen LogP contribution in [0.5, 0.6) is 0 Å². The van der Waals surface area contributed by atoms with Gasteiger partial charge in [0.15, 0.2) is 0 Å². The van der Waals surface area contributed by atoms with Gasteiger partial charge in [-0.2, -0.15) is 0 Å². The molecule has 0 aromatic heterocycles. The average molecular weight is 321 g/mol. The number of aliphatic hydroxyl groups is 1. The van der Waals surface area contributed by atoms with Gasteiger partial charge in [0, 0.05) is 37.4 Å². The number of anilines is 1. The number of halogens is 1. The lowest BCUT2D eigenvalue weighted by Gasteiger charge is -2.36. The second-order valence-corrected chi connectivity index (χ2v) is 6.36. The predicted octanol–water partition coefficient (Wildman–Crippen LogP) is 1.96. The third-order valence-corrected chi connectivity index (χ3v) is 4.51. The molecule has 1 aromatic rings. The summed E-state index contributed by atoms with van der Waals surface area (Å²) in [5, 5.41) is 12.2. The molecule has 1 aliphatic carbocycles. The number of carbonyl (C=O) groups is 1. The number of nitrogens with one attached hydrogen (secondary N) is 1. The van der Waals surface area contributed by atoms with Crippen molar-refractivity contribution in [3.05, 3.63) is 30.1 Å². The molecule has 5 nitrogen and oxygen atoms in total. The number of benzene rings is 1. The molecule has 1 atom stereocenters. The third kappa shape index (κ3) is 4.13. The maximum atomic E-state index is 13.4. The van der Waals surface area contributed by atoms with Crippen LogP contribution in [0, 0.1) is 5.82 Å². The summed E-state index contributed by atoms with van der Waals surface area (Å²) in [6.45, 7) is 1.94. The fourth-order valence-corrected chi connectivity index (χ4v) is 3.20. The van der Waals surface area contributed by atoms with Gasteiger partial charge in [-0.1, -0.05) is 6.07 Å². The Hall–Kier alpha value is -1.82. The first-order valence-corrected chi connectivity index (χ1v) is 8.36. The summed E-state index contributed by atoms with van der Waals surface area (Å²) >= 11 is 0. The zero-order valence-electron chi connectivity index (χ0n) is 13.2. The quantitative estimate of drug-likeness (QED) is 0.872. The minimum absolute atomic E-state index is 0.00992.